The van der Waals surface area contributed by atoms with Crippen LogP contribution in [0.3, 0.4) is 0 Å². The van der Waals surface area contributed by atoms with E-state index in [1.54, 1.807) is 41.0 Å². The van der Waals surface area contributed by atoms with Crippen molar-refractivity contribution in [1.82, 2.24) is 9.55 Å². The molecule has 0 N–H and O–H groups in total. The van der Waals surface area contributed by atoms with E-state index in [1.165, 1.54) is 6.07 Å². The van der Waals surface area contributed by atoms with Crippen molar-refractivity contribution < 1.29 is 4.92 Å². The maximum atomic E-state index is 12.6. The molecule has 1 aliphatic rings. The number of rotatable bonds is 2. The molecule has 2 heterocycles. The maximum Gasteiger partial charge on any atom is 0.276 e. The molecule has 0 spiro atoms. The van der Waals surface area contributed by atoms with Crippen LogP contribution in [0, 0.1) is 10.1 Å². The fraction of sp³-hybridized carbons (Fsp3) is 0.111. The zero-order valence-corrected chi connectivity index (χ0v) is 12.7. The lowest BCUT2D eigenvalue weighted by Gasteiger charge is -2.05. The summed E-state index contributed by atoms with van der Waals surface area (Å²) in [5.74, 6) is 0.594. The van der Waals surface area contributed by atoms with Crippen LogP contribution >= 0.6 is 0 Å². The second-order valence-corrected chi connectivity index (χ2v) is 5.64. The monoisotopic (exact) mass is 319 g/mol. The fourth-order valence-electron chi connectivity index (χ4n) is 3.06. The van der Waals surface area contributed by atoms with E-state index in [1.807, 2.05) is 12.1 Å². The molecule has 24 heavy (non-hydrogen) atoms. The molecule has 1 aromatic heterocycles. The Morgan fingerprint density at radius 1 is 1.12 bits per heavy atom. The van der Waals surface area contributed by atoms with Gasteiger partial charge in [-0.15, -0.1) is 0 Å². The number of hydrogen-bond acceptors (Lipinski definition) is 4. The number of nitro groups is 1. The zero-order chi connectivity index (χ0) is 16.7. The van der Waals surface area contributed by atoms with Gasteiger partial charge in [0, 0.05) is 12.6 Å². The molecule has 0 bridgehead atoms. The number of benzene rings is 2. The minimum atomic E-state index is -0.401. The minimum absolute atomic E-state index is 0.0478. The summed E-state index contributed by atoms with van der Waals surface area (Å²) in [6.45, 7) is 0.540. The van der Waals surface area contributed by atoms with E-state index < -0.39 is 4.92 Å². The first-order chi connectivity index (χ1) is 11.6. The molecule has 0 aliphatic carbocycles. The molecule has 0 fully saturated rings. The summed E-state index contributed by atoms with van der Waals surface area (Å²) in [7, 11) is 0. The van der Waals surface area contributed by atoms with Crippen molar-refractivity contribution in [2.45, 2.75) is 13.0 Å². The van der Waals surface area contributed by atoms with E-state index in [2.05, 4.69) is 4.98 Å². The van der Waals surface area contributed by atoms with Gasteiger partial charge in [0.25, 0.3) is 11.2 Å². The molecule has 6 nitrogen and oxygen atoms in total. The van der Waals surface area contributed by atoms with Gasteiger partial charge in [0.15, 0.2) is 0 Å². The van der Waals surface area contributed by atoms with Gasteiger partial charge in [-0.25, -0.2) is 4.98 Å². The molecule has 1 aliphatic heterocycles. The largest absolute Gasteiger partial charge is 0.292 e. The van der Waals surface area contributed by atoms with Gasteiger partial charge in [-0.05, 0) is 36.3 Å². The summed E-state index contributed by atoms with van der Waals surface area (Å²) in [5.41, 5.74) is 1.98. The number of fused-ring (bicyclic) bond motifs is 2. The van der Waals surface area contributed by atoms with Gasteiger partial charge in [-0.1, -0.05) is 24.3 Å². The molecule has 2 aromatic carbocycles. The third-order valence-electron chi connectivity index (χ3n) is 4.22. The molecule has 3 aromatic rings. The van der Waals surface area contributed by atoms with E-state index in [0.717, 1.165) is 5.57 Å². The Bertz CT molecular complexity index is 1070. The molecule has 4 rings (SSSR count). The Balaban J connectivity index is 1.91. The first kappa shape index (κ1) is 14.3. The molecule has 0 saturated carbocycles. The second-order valence-electron chi connectivity index (χ2n) is 5.64. The van der Waals surface area contributed by atoms with Gasteiger partial charge in [0.05, 0.1) is 21.4 Å². The Morgan fingerprint density at radius 3 is 2.71 bits per heavy atom. The lowest BCUT2D eigenvalue weighted by molar-refractivity contribution is -0.385. The molecule has 0 unspecified atom stereocenters. The third kappa shape index (κ3) is 2.20. The fourth-order valence-corrected chi connectivity index (χ4v) is 3.06. The summed E-state index contributed by atoms with van der Waals surface area (Å²) in [5, 5.41) is 11.8. The molecule has 0 radical (unpaired) electrons. The van der Waals surface area contributed by atoms with Crippen LogP contribution in [-0.2, 0) is 6.54 Å². The molecule has 0 amide bonds. The number of para-hydroxylation sites is 2. The average molecular weight is 319 g/mol. The van der Waals surface area contributed by atoms with Crippen LogP contribution in [0.2, 0.25) is 0 Å². The summed E-state index contributed by atoms with van der Waals surface area (Å²) in [6, 6.07) is 13.8. The van der Waals surface area contributed by atoms with Gasteiger partial charge in [-0.3, -0.25) is 19.5 Å². The molecular formula is C18H13N3O3. The van der Waals surface area contributed by atoms with E-state index in [-0.39, 0.29) is 11.2 Å². The van der Waals surface area contributed by atoms with E-state index in [0.29, 0.717) is 35.3 Å². The standard InChI is InChI=1S/C18H13N3O3/c22-18-14-6-2-3-7-15(14)19-17-13(9-10-20(17)18)11-12-5-1-4-8-16(12)21(23)24/h1-8,11H,9-10H2/b13-11-. The topological polar surface area (TPSA) is 78.0 Å². The van der Waals surface area contributed by atoms with Gasteiger partial charge in [0.2, 0.25) is 0 Å². The quantitative estimate of drug-likeness (QED) is 0.536. The molecule has 0 atom stereocenters. The molecule has 6 heteroatoms. The van der Waals surface area contributed by atoms with E-state index in [4.69, 9.17) is 0 Å². The lowest BCUT2D eigenvalue weighted by Crippen LogP contribution is -2.20. The highest BCUT2D eigenvalue weighted by atomic mass is 16.6. The Kier molecular flexibility index (Phi) is 3.23. The summed E-state index contributed by atoms with van der Waals surface area (Å²) < 4.78 is 1.64. The average Bonchev–Trinajstić information content (AvgIpc) is 2.98. The van der Waals surface area contributed by atoms with Crippen molar-refractivity contribution in [2.75, 3.05) is 0 Å². The maximum absolute atomic E-state index is 12.6. The van der Waals surface area contributed by atoms with Crippen LogP contribution in [0.1, 0.15) is 17.8 Å². The van der Waals surface area contributed by atoms with Crippen molar-refractivity contribution in [2.24, 2.45) is 0 Å². The lowest BCUT2D eigenvalue weighted by atomic mass is 10.1. The SMILES string of the molecule is O=c1c2ccccc2nc2n1CC/C2=C/c1ccccc1[N+](=O)[O-]. The summed E-state index contributed by atoms with van der Waals surface area (Å²) in [4.78, 5) is 27.9. The van der Waals surface area contributed by atoms with Gasteiger partial charge >= 0.3 is 0 Å². The zero-order valence-electron chi connectivity index (χ0n) is 12.7. The van der Waals surface area contributed by atoms with Crippen molar-refractivity contribution in [3.05, 3.63) is 80.4 Å². The van der Waals surface area contributed by atoms with Crippen LogP contribution in [0.15, 0.2) is 53.3 Å². The number of hydrogen-bond donors (Lipinski definition) is 0. The van der Waals surface area contributed by atoms with Crippen molar-refractivity contribution in [3.8, 4) is 0 Å². The Labute approximate surface area is 136 Å². The first-order valence-electron chi connectivity index (χ1n) is 7.59. The van der Waals surface area contributed by atoms with E-state index in [9.17, 15) is 14.9 Å². The third-order valence-corrected chi connectivity index (χ3v) is 4.22. The smallest absolute Gasteiger partial charge is 0.276 e. The second kappa shape index (κ2) is 5.42. The van der Waals surface area contributed by atoms with Gasteiger partial charge < -0.3 is 0 Å². The van der Waals surface area contributed by atoms with Gasteiger partial charge in [-0.2, -0.15) is 0 Å². The number of nitrogens with zero attached hydrogens (tertiary/aromatic N) is 3. The predicted octanol–water partition coefficient (Wildman–Crippen LogP) is 3.25. The Morgan fingerprint density at radius 2 is 1.88 bits per heavy atom. The Hall–Kier alpha value is -3.28. The van der Waals surface area contributed by atoms with Gasteiger partial charge in [0.1, 0.15) is 5.82 Å². The first-order valence-corrected chi connectivity index (χ1v) is 7.59. The number of allylic oxidation sites excluding steroid dienone is 1. The highest BCUT2D eigenvalue weighted by molar-refractivity contribution is 5.86. The van der Waals surface area contributed by atoms with Crippen LogP contribution in [-0.4, -0.2) is 14.5 Å². The summed E-state index contributed by atoms with van der Waals surface area (Å²) in [6.07, 6.45) is 2.39. The van der Waals surface area contributed by atoms with Crippen LogP contribution in [0.25, 0.3) is 22.6 Å². The van der Waals surface area contributed by atoms with Crippen LogP contribution < -0.4 is 5.56 Å². The molecule has 0 saturated heterocycles. The molecule has 118 valence electrons. The van der Waals surface area contributed by atoms with Crippen LogP contribution in [0.5, 0.6) is 0 Å². The minimum Gasteiger partial charge on any atom is -0.292 e. The van der Waals surface area contributed by atoms with E-state index >= 15 is 0 Å². The highest BCUT2D eigenvalue weighted by Crippen LogP contribution is 2.30. The number of nitro benzene ring substituents is 1. The van der Waals surface area contributed by atoms with Crippen molar-refractivity contribution >= 4 is 28.2 Å². The highest BCUT2D eigenvalue weighted by Gasteiger charge is 2.22. The summed E-state index contributed by atoms with van der Waals surface area (Å²) >= 11 is 0. The normalized spacial score (nSPS) is 14.9. The molecular weight excluding hydrogens is 306 g/mol. The predicted molar refractivity (Wildman–Crippen MR) is 91.6 cm³/mol. The van der Waals surface area contributed by atoms with Crippen LogP contribution in [0.4, 0.5) is 5.69 Å². The number of aromatic nitrogens is 2. The van der Waals surface area contributed by atoms with Crippen molar-refractivity contribution in [3.63, 3.8) is 0 Å². The van der Waals surface area contributed by atoms with Crippen molar-refractivity contribution in [1.29, 1.82) is 0 Å².